The summed E-state index contributed by atoms with van der Waals surface area (Å²) in [5, 5.41) is 9.39. The van der Waals surface area contributed by atoms with Crippen molar-refractivity contribution < 1.29 is 5.11 Å². The quantitative estimate of drug-likeness (QED) is 0.885. The molecule has 1 atom stereocenters. The molecule has 0 saturated carbocycles. The van der Waals surface area contributed by atoms with E-state index in [1.54, 1.807) is 6.20 Å². The molecule has 6 heteroatoms. The second-order valence-corrected chi connectivity index (χ2v) is 5.41. The van der Waals surface area contributed by atoms with Gasteiger partial charge < -0.3 is 15.7 Å². The highest BCUT2D eigenvalue weighted by molar-refractivity contribution is 9.10. The second-order valence-electron chi connectivity index (χ2n) is 4.60. The number of imidazole rings is 1. The van der Waals surface area contributed by atoms with Gasteiger partial charge in [0.1, 0.15) is 4.60 Å². The number of hydrogen-bond acceptors (Lipinski definition) is 4. The maximum atomic E-state index is 9.39. The van der Waals surface area contributed by atoms with Crippen molar-refractivity contribution in [2.24, 2.45) is 0 Å². The monoisotopic (exact) mass is 310 g/mol. The molecule has 1 fully saturated rings. The number of aromatic nitrogens is 2. The van der Waals surface area contributed by atoms with Crippen LogP contribution in [0, 0.1) is 0 Å². The first-order valence-corrected chi connectivity index (χ1v) is 6.79. The summed E-state index contributed by atoms with van der Waals surface area (Å²) in [5.41, 5.74) is 8.48. The second kappa shape index (κ2) is 4.44. The van der Waals surface area contributed by atoms with Crippen LogP contribution in [0.1, 0.15) is 12.8 Å². The molecule has 3 heterocycles. The molecule has 1 aliphatic heterocycles. The van der Waals surface area contributed by atoms with Crippen LogP contribution in [-0.2, 0) is 0 Å². The number of pyridine rings is 1. The first kappa shape index (κ1) is 11.8. The van der Waals surface area contributed by atoms with Crippen LogP contribution in [-0.4, -0.2) is 33.7 Å². The first-order chi connectivity index (χ1) is 8.70. The normalized spacial score (nSPS) is 19.9. The molecule has 3 rings (SSSR count). The van der Waals surface area contributed by atoms with Gasteiger partial charge in [0.05, 0.1) is 30.2 Å². The molecule has 0 spiro atoms. The van der Waals surface area contributed by atoms with Crippen LogP contribution in [0.15, 0.2) is 23.1 Å². The molecule has 2 aromatic rings. The zero-order valence-corrected chi connectivity index (χ0v) is 11.5. The van der Waals surface area contributed by atoms with Gasteiger partial charge in [0.2, 0.25) is 0 Å². The van der Waals surface area contributed by atoms with E-state index < -0.39 is 0 Å². The lowest BCUT2D eigenvalue weighted by atomic mass is 10.2. The van der Waals surface area contributed by atoms with E-state index in [0.29, 0.717) is 5.69 Å². The highest BCUT2D eigenvalue weighted by Crippen LogP contribution is 2.29. The Balaban J connectivity index is 2.09. The van der Waals surface area contributed by atoms with E-state index in [-0.39, 0.29) is 12.6 Å². The molecule has 5 nitrogen and oxygen atoms in total. The van der Waals surface area contributed by atoms with Gasteiger partial charge in [-0.1, -0.05) is 0 Å². The smallest absolute Gasteiger partial charge is 0.161 e. The van der Waals surface area contributed by atoms with E-state index in [2.05, 4.69) is 25.8 Å². The molecule has 18 heavy (non-hydrogen) atoms. The van der Waals surface area contributed by atoms with Gasteiger partial charge in [0, 0.05) is 12.7 Å². The summed E-state index contributed by atoms with van der Waals surface area (Å²) in [6.45, 7) is 1.14. The SMILES string of the molecule is Nc1cc(N2CCCC2CO)cn2c(Br)cnc12. The fourth-order valence-electron chi connectivity index (χ4n) is 2.59. The Morgan fingerprint density at radius 2 is 2.39 bits per heavy atom. The van der Waals surface area contributed by atoms with Crippen LogP contribution >= 0.6 is 15.9 Å². The fraction of sp³-hybridized carbons (Fsp3) is 0.417. The number of nitrogen functional groups attached to an aromatic ring is 1. The van der Waals surface area contributed by atoms with Crippen molar-refractivity contribution in [1.29, 1.82) is 0 Å². The van der Waals surface area contributed by atoms with Crippen LogP contribution in [0.2, 0.25) is 0 Å². The van der Waals surface area contributed by atoms with Gasteiger partial charge >= 0.3 is 0 Å². The standard InChI is InChI=1S/C12H15BrN4O/c13-11-5-15-12-10(14)4-9(6-17(11)12)16-3-1-2-8(16)7-18/h4-6,8,18H,1-3,7,14H2. The Kier molecular flexibility index (Phi) is 2.91. The Labute approximate surface area is 113 Å². The van der Waals surface area contributed by atoms with E-state index in [0.717, 1.165) is 35.3 Å². The predicted molar refractivity (Wildman–Crippen MR) is 74.8 cm³/mol. The Bertz CT molecular complexity index is 583. The molecule has 2 aromatic heterocycles. The summed E-state index contributed by atoms with van der Waals surface area (Å²) in [6, 6.07) is 2.13. The van der Waals surface area contributed by atoms with E-state index in [4.69, 9.17) is 5.73 Å². The maximum Gasteiger partial charge on any atom is 0.161 e. The van der Waals surface area contributed by atoms with Crippen molar-refractivity contribution >= 4 is 33.0 Å². The summed E-state index contributed by atoms with van der Waals surface area (Å²) < 4.78 is 2.81. The lowest BCUT2D eigenvalue weighted by Gasteiger charge is -2.25. The van der Waals surface area contributed by atoms with Gasteiger partial charge in [-0.25, -0.2) is 4.98 Å². The molecular formula is C12H15BrN4O. The van der Waals surface area contributed by atoms with Crippen LogP contribution in [0.4, 0.5) is 11.4 Å². The molecule has 3 N–H and O–H groups in total. The molecule has 1 aliphatic rings. The number of nitrogens with zero attached hydrogens (tertiary/aromatic N) is 3. The van der Waals surface area contributed by atoms with Crippen molar-refractivity contribution in [3.05, 3.63) is 23.1 Å². The third kappa shape index (κ3) is 1.76. The number of fused-ring (bicyclic) bond motifs is 1. The Morgan fingerprint density at radius 3 is 3.17 bits per heavy atom. The molecule has 0 aromatic carbocycles. The van der Waals surface area contributed by atoms with Crippen LogP contribution in [0.3, 0.4) is 0 Å². The highest BCUT2D eigenvalue weighted by Gasteiger charge is 2.24. The van der Waals surface area contributed by atoms with Crippen LogP contribution in [0.5, 0.6) is 0 Å². The van der Waals surface area contributed by atoms with Crippen molar-refractivity contribution in [3.8, 4) is 0 Å². The summed E-state index contributed by atoms with van der Waals surface area (Å²) in [5.74, 6) is 0. The van der Waals surface area contributed by atoms with Crippen molar-refractivity contribution in [2.45, 2.75) is 18.9 Å². The minimum Gasteiger partial charge on any atom is -0.396 e. The van der Waals surface area contributed by atoms with E-state index in [1.807, 2.05) is 16.7 Å². The van der Waals surface area contributed by atoms with Gasteiger partial charge in [-0.2, -0.15) is 0 Å². The number of hydrogen-bond donors (Lipinski definition) is 2. The Hall–Kier alpha value is -1.27. The number of rotatable bonds is 2. The zero-order valence-electron chi connectivity index (χ0n) is 9.88. The van der Waals surface area contributed by atoms with E-state index in [9.17, 15) is 5.11 Å². The highest BCUT2D eigenvalue weighted by atomic mass is 79.9. The van der Waals surface area contributed by atoms with Crippen molar-refractivity contribution in [3.63, 3.8) is 0 Å². The Morgan fingerprint density at radius 1 is 1.56 bits per heavy atom. The lowest BCUT2D eigenvalue weighted by molar-refractivity contribution is 0.266. The van der Waals surface area contributed by atoms with Crippen LogP contribution in [0.25, 0.3) is 5.65 Å². The minimum atomic E-state index is 0.184. The molecule has 0 bridgehead atoms. The summed E-state index contributed by atoms with van der Waals surface area (Å²) >= 11 is 3.45. The molecule has 0 amide bonds. The molecule has 0 radical (unpaired) electrons. The minimum absolute atomic E-state index is 0.184. The largest absolute Gasteiger partial charge is 0.396 e. The number of aliphatic hydroxyl groups excluding tert-OH is 1. The molecule has 0 aliphatic carbocycles. The third-order valence-electron chi connectivity index (χ3n) is 3.49. The lowest BCUT2D eigenvalue weighted by Crippen LogP contribution is -2.32. The summed E-state index contributed by atoms with van der Waals surface area (Å²) in [6.07, 6.45) is 5.88. The van der Waals surface area contributed by atoms with Crippen molar-refractivity contribution in [2.75, 3.05) is 23.8 Å². The number of anilines is 2. The maximum absolute atomic E-state index is 9.39. The topological polar surface area (TPSA) is 66.8 Å². The van der Waals surface area contributed by atoms with Gasteiger partial charge in [0.15, 0.2) is 5.65 Å². The third-order valence-corrected chi connectivity index (χ3v) is 4.08. The average Bonchev–Trinajstić information content (AvgIpc) is 2.96. The fourth-order valence-corrected chi connectivity index (χ4v) is 2.97. The average molecular weight is 311 g/mol. The van der Waals surface area contributed by atoms with Crippen molar-refractivity contribution in [1.82, 2.24) is 9.38 Å². The molecule has 1 saturated heterocycles. The van der Waals surface area contributed by atoms with Gasteiger partial charge in [-0.05, 0) is 34.8 Å². The van der Waals surface area contributed by atoms with E-state index >= 15 is 0 Å². The zero-order chi connectivity index (χ0) is 12.7. The van der Waals surface area contributed by atoms with Gasteiger partial charge in [-0.3, -0.25) is 4.40 Å². The number of halogens is 1. The van der Waals surface area contributed by atoms with E-state index in [1.165, 1.54) is 0 Å². The van der Waals surface area contributed by atoms with Gasteiger partial charge in [0.25, 0.3) is 0 Å². The van der Waals surface area contributed by atoms with Gasteiger partial charge in [-0.15, -0.1) is 0 Å². The predicted octanol–water partition coefficient (Wildman–Crippen LogP) is 1.64. The first-order valence-electron chi connectivity index (χ1n) is 6.00. The number of aliphatic hydroxyl groups is 1. The molecule has 96 valence electrons. The van der Waals surface area contributed by atoms with Crippen LogP contribution < -0.4 is 10.6 Å². The summed E-state index contributed by atoms with van der Waals surface area (Å²) in [7, 11) is 0. The molecular weight excluding hydrogens is 296 g/mol. The molecule has 1 unspecified atom stereocenters. The summed E-state index contributed by atoms with van der Waals surface area (Å²) in [4.78, 5) is 6.46. The number of nitrogens with two attached hydrogens (primary N) is 1.